The molecule has 0 spiro atoms. The van der Waals surface area contributed by atoms with Crippen molar-refractivity contribution in [2.45, 2.75) is 32.4 Å². The Balaban J connectivity index is 2.08. The lowest BCUT2D eigenvalue weighted by molar-refractivity contribution is 0.199. The molecule has 2 unspecified atom stereocenters. The molecule has 2 atom stereocenters. The first-order chi connectivity index (χ1) is 11.9. The van der Waals surface area contributed by atoms with Gasteiger partial charge in [0.05, 0.1) is 12.3 Å². The second-order valence-electron chi connectivity index (χ2n) is 7.08. The van der Waals surface area contributed by atoms with E-state index in [4.69, 9.17) is 4.74 Å². The lowest BCUT2D eigenvalue weighted by Gasteiger charge is -2.46. The van der Waals surface area contributed by atoms with E-state index in [1.54, 1.807) is 14.0 Å². The van der Waals surface area contributed by atoms with Gasteiger partial charge in [0.15, 0.2) is 17.2 Å². The van der Waals surface area contributed by atoms with Gasteiger partial charge in [0.2, 0.25) is 0 Å². The van der Waals surface area contributed by atoms with Gasteiger partial charge in [0.1, 0.15) is 11.2 Å². The standard InChI is InChI=1S/C17H22FN5O2/c1-9-7-21(3)8-11-5-6-25-14-12-15(19-10(2)13(14)18)22(4)17(24)20-16(12)23(9)11/h9,11H,5-8H2,1-4H3. The molecule has 0 N–H and O–H groups in total. The first kappa shape index (κ1) is 16.3. The number of pyridine rings is 1. The Morgan fingerprint density at radius 1 is 1.24 bits per heavy atom. The van der Waals surface area contributed by atoms with E-state index in [1.807, 2.05) is 0 Å². The highest BCUT2D eigenvalue weighted by Gasteiger charge is 2.36. The number of hydrogen-bond acceptors (Lipinski definition) is 6. The van der Waals surface area contributed by atoms with Crippen LogP contribution < -0.4 is 15.3 Å². The minimum Gasteiger partial charge on any atom is -0.489 e. The highest BCUT2D eigenvalue weighted by Crippen LogP contribution is 2.38. The van der Waals surface area contributed by atoms with Crippen molar-refractivity contribution in [2.75, 3.05) is 31.6 Å². The Morgan fingerprint density at radius 2 is 2.00 bits per heavy atom. The third-order valence-corrected chi connectivity index (χ3v) is 5.18. The van der Waals surface area contributed by atoms with Crippen molar-refractivity contribution in [3.05, 3.63) is 22.0 Å². The molecule has 0 saturated carbocycles. The molecule has 1 saturated heterocycles. The van der Waals surface area contributed by atoms with Crippen LogP contribution in [0, 0.1) is 12.7 Å². The van der Waals surface area contributed by atoms with Crippen molar-refractivity contribution in [1.29, 1.82) is 0 Å². The molecule has 7 nitrogen and oxygen atoms in total. The van der Waals surface area contributed by atoms with Gasteiger partial charge in [-0.15, -0.1) is 0 Å². The summed E-state index contributed by atoms with van der Waals surface area (Å²) in [6, 6.07) is 0.316. The van der Waals surface area contributed by atoms with Crippen LogP contribution >= 0.6 is 0 Å². The molecule has 0 bridgehead atoms. The average molecular weight is 347 g/mol. The number of fused-ring (bicyclic) bond motifs is 2. The first-order valence-corrected chi connectivity index (χ1v) is 8.55. The maximum Gasteiger partial charge on any atom is 0.350 e. The highest BCUT2D eigenvalue weighted by atomic mass is 19.1. The van der Waals surface area contributed by atoms with Crippen LogP contribution in [0.4, 0.5) is 10.2 Å². The summed E-state index contributed by atoms with van der Waals surface area (Å²) >= 11 is 0. The second-order valence-corrected chi connectivity index (χ2v) is 7.08. The molecule has 0 aromatic carbocycles. The third kappa shape index (κ3) is 2.38. The number of rotatable bonds is 0. The molecule has 4 heterocycles. The lowest BCUT2D eigenvalue weighted by Crippen LogP contribution is -2.58. The minimum atomic E-state index is -0.477. The summed E-state index contributed by atoms with van der Waals surface area (Å²) in [6.45, 7) is 5.81. The fourth-order valence-electron chi connectivity index (χ4n) is 4.05. The van der Waals surface area contributed by atoms with Crippen LogP contribution in [0.25, 0.3) is 11.0 Å². The number of anilines is 1. The third-order valence-electron chi connectivity index (χ3n) is 5.18. The maximum absolute atomic E-state index is 14.7. The van der Waals surface area contributed by atoms with Gasteiger partial charge in [-0.1, -0.05) is 0 Å². The highest BCUT2D eigenvalue weighted by molar-refractivity contribution is 5.93. The molecule has 0 aliphatic carbocycles. The zero-order chi connectivity index (χ0) is 17.9. The van der Waals surface area contributed by atoms with E-state index >= 15 is 0 Å². The van der Waals surface area contributed by atoms with Gasteiger partial charge in [0.25, 0.3) is 0 Å². The van der Waals surface area contributed by atoms with E-state index in [1.165, 1.54) is 4.57 Å². The van der Waals surface area contributed by atoms with Crippen molar-refractivity contribution in [1.82, 2.24) is 19.4 Å². The number of halogens is 1. The minimum absolute atomic E-state index is 0.155. The van der Waals surface area contributed by atoms with Crippen LogP contribution in [0.5, 0.6) is 5.75 Å². The van der Waals surface area contributed by atoms with E-state index < -0.39 is 11.5 Å². The molecule has 1 fully saturated rings. The van der Waals surface area contributed by atoms with E-state index in [9.17, 15) is 9.18 Å². The SMILES string of the molecule is Cc1nc2c3c(nc(=O)n2C)N2C(C)CN(C)CC2CCOc3c1F. The number of aryl methyl sites for hydroxylation is 2. The molecule has 2 aromatic rings. The van der Waals surface area contributed by atoms with Crippen molar-refractivity contribution in [3.63, 3.8) is 0 Å². The molecule has 134 valence electrons. The van der Waals surface area contributed by atoms with Gasteiger partial charge in [-0.3, -0.25) is 4.57 Å². The molecule has 0 amide bonds. The number of hydrogen-bond donors (Lipinski definition) is 0. The van der Waals surface area contributed by atoms with Crippen LogP contribution in [0.2, 0.25) is 0 Å². The fourth-order valence-corrected chi connectivity index (χ4v) is 4.05. The molecule has 2 aliphatic rings. The first-order valence-electron chi connectivity index (χ1n) is 8.55. The predicted molar refractivity (Wildman–Crippen MR) is 92.8 cm³/mol. The summed E-state index contributed by atoms with van der Waals surface area (Å²) in [4.78, 5) is 25.5. The van der Waals surface area contributed by atoms with Crippen molar-refractivity contribution < 1.29 is 9.13 Å². The predicted octanol–water partition coefficient (Wildman–Crippen LogP) is 1.07. The Bertz CT molecular complexity index is 912. The second kappa shape index (κ2) is 5.66. The van der Waals surface area contributed by atoms with Crippen LogP contribution in [0.3, 0.4) is 0 Å². The van der Waals surface area contributed by atoms with Crippen LogP contribution in [-0.4, -0.2) is 58.3 Å². The topological polar surface area (TPSA) is 63.5 Å². The Labute approximate surface area is 145 Å². The normalized spacial score (nSPS) is 23.8. The number of aromatic nitrogens is 3. The van der Waals surface area contributed by atoms with Gasteiger partial charge >= 0.3 is 5.69 Å². The molecule has 25 heavy (non-hydrogen) atoms. The summed E-state index contributed by atoms with van der Waals surface area (Å²) in [6.07, 6.45) is 0.743. The van der Waals surface area contributed by atoms with Crippen molar-refractivity contribution in [2.24, 2.45) is 7.05 Å². The Hall–Kier alpha value is -2.22. The van der Waals surface area contributed by atoms with Gasteiger partial charge in [-0.25, -0.2) is 14.2 Å². The van der Waals surface area contributed by atoms with Crippen molar-refractivity contribution >= 4 is 16.9 Å². The molecule has 8 heteroatoms. The van der Waals surface area contributed by atoms with Gasteiger partial charge in [-0.05, 0) is 20.9 Å². The average Bonchev–Trinajstić information content (AvgIpc) is 2.53. The summed E-state index contributed by atoms with van der Waals surface area (Å²) in [5, 5.41) is 0.492. The number of piperazine rings is 1. The van der Waals surface area contributed by atoms with E-state index in [-0.39, 0.29) is 23.5 Å². The summed E-state index contributed by atoms with van der Waals surface area (Å²) in [7, 11) is 3.69. The van der Waals surface area contributed by atoms with Crippen LogP contribution in [-0.2, 0) is 7.05 Å². The van der Waals surface area contributed by atoms with E-state index in [0.29, 0.717) is 23.5 Å². The van der Waals surface area contributed by atoms with E-state index in [2.05, 4.69) is 33.7 Å². The lowest BCUT2D eigenvalue weighted by atomic mass is 10.0. The zero-order valence-electron chi connectivity index (χ0n) is 14.9. The van der Waals surface area contributed by atoms with Gasteiger partial charge in [-0.2, -0.15) is 4.98 Å². The van der Waals surface area contributed by atoms with Crippen LogP contribution in [0.1, 0.15) is 19.0 Å². The van der Waals surface area contributed by atoms with Gasteiger partial charge < -0.3 is 14.5 Å². The smallest absolute Gasteiger partial charge is 0.350 e. The monoisotopic (exact) mass is 347 g/mol. The number of likely N-dealkylation sites (N-methyl/N-ethyl adjacent to an activating group) is 1. The van der Waals surface area contributed by atoms with E-state index in [0.717, 1.165) is 19.5 Å². The number of ether oxygens (including phenoxy) is 1. The van der Waals surface area contributed by atoms with Gasteiger partial charge in [0, 0.05) is 38.6 Å². The Morgan fingerprint density at radius 3 is 2.76 bits per heavy atom. The molecule has 2 aliphatic heterocycles. The summed E-state index contributed by atoms with van der Waals surface area (Å²) < 4.78 is 21.9. The maximum atomic E-state index is 14.7. The molecule has 2 aromatic heterocycles. The summed E-state index contributed by atoms with van der Waals surface area (Å²) in [5.41, 5.74) is 0.242. The zero-order valence-corrected chi connectivity index (χ0v) is 14.9. The molecule has 4 rings (SSSR count). The number of nitrogens with zero attached hydrogens (tertiary/aromatic N) is 5. The van der Waals surface area contributed by atoms with Crippen LogP contribution in [0.15, 0.2) is 4.79 Å². The summed E-state index contributed by atoms with van der Waals surface area (Å²) in [5.74, 6) is 0.171. The quantitative estimate of drug-likeness (QED) is 0.710. The molecular weight excluding hydrogens is 325 g/mol. The Kier molecular flexibility index (Phi) is 3.68. The largest absolute Gasteiger partial charge is 0.489 e. The molecule has 0 radical (unpaired) electrons. The van der Waals surface area contributed by atoms with Crippen molar-refractivity contribution in [3.8, 4) is 5.75 Å². The molecular formula is C17H22FN5O2. The fraction of sp³-hybridized carbons (Fsp3) is 0.588.